The van der Waals surface area contributed by atoms with E-state index in [1.54, 1.807) is 30.4 Å². The van der Waals surface area contributed by atoms with Crippen LogP contribution in [0.3, 0.4) is 0 Å². The van der Waals surface area contributed by atoms with E-state index in [1.165, 1.54) is 5.56 Å². The molecule has 2 atom stereocenters. The van der Waals surface area contributed by atoms with Crippen LogP contribution in [0.2, 0.25) is 0 Å². The van der Waals surface area contributed by atoms with Crippen LogP contribution in [0.5, 0.6) is 0 Å². The molecule has 17 heavy (non-hydrogen) atoms. The number of aryl methyl sites for hydroxylation is 1. The van der Waals surface area contributed by atoms with Crippen LogP contribution in [-0.2, 0) is 0 Å². The van der Waals surface area contributed by atoms with Gasteiger partial charge in [-0.15, -0.1) is 11.8 Å². The van der Waals surface area contributed by atoms with Gasteiger partial charge in [-0.1, -0.05) is 0 Å². The number of thioether (sulfide) groups is 1. The van der Waals surface area contributed by atoms with Crippen molar-refractivity contribution in [1.29, 1.82) is 0 Å². The third-order valence-electron chi connectivity index (χ3n) is 2.58. The van der Waals surface area contributed by atoms with Crippen molar-refractivity contribution < 1.29 is 4.42 Å². The summed E-state index contributed by atoms with van der Waals surface area (Å²) in [5, 5.41) is 0.217. The van der Waals surface area contributed by atoms with Gasteiger partial charge in [-0.3, -0.25) is 4.98 Å². The average molecular weight is 248 g/mol. The molecule has 4 heteroatoms. The van der Waals surface area contributed by atoms with Gasteiger partial charge in [0.25, 0.3) is 0 Å². The quantitative estimate of drug-likeness (QED) is 0.844. The molecule has 0 aliphatic carbocycles. The molecule has 2 heterocycles. The van der Waals surface area contributed by atoms with Gasteiger partial charge >= 0.3 is 0 Å². The van der Waals surface area contributed by atoms with Gasteiger partial charge in [-0.05, 0) is 37.6 Å². The smallest absolute Gasteiger partial charge is 0.114 e. The monoisotopic (exact) mass is 248 g/mol. The molecule has 0 aliphatic rings. The van der Waals surface area contributed by atoms with E-state index in [9.17, 15) is 0 Å². The lowest BCUT2D eigenvalue weighted by Gasteiger charge is -2.20. The van der Waals surface area contributed by atoms with E-state index < -0.39 is 0 Å². The van der Waals surface area contributed by atoms with Crippen LogP contribution in [0.25, 0.3) is 0 Å². The number of hydrogen-bond donors (Lipinski definition) is 1. The van der Waals surface area contributed by atoms with E-state index in [0.29, 0.717) is 0 Å². The zero-order valence-electron chi connectivity index (χ0n) is 9.96. The van der Waals surface area contributed by atoms with Crippen LogP contribution in [-0.4, -0.2) is 11.0 Å². The van der Waals surface area contributed by atoms with Crippen molar-refractivity contribution in [3.63, 3.8) is 0 Å². The van der Waals surface area contributed by atoms with Crippen LogP contribution in [0, 0.1) is 6.92 Å². The van der Waals surface area contributed by atoms with Gasteiger partial charge in [0.15, 0.2) is 0 Å². The normalized spacial score (nSPS) is 14.5. The largest absolute Gasteiger partial charge is 0.468 e. The van der Waals surface area contributed by atoms with E-state index in [-0.39, 0.29) is 11.3 Å². The van der Waals surface area contributed by atoms with Gasteiger partial charge in [0.05, 0.1) is 6.26 Å². The molecule has 0 saturated heterocycles. The highest BCUT2D eigenvalue weighted by Crippen LogP contribution is 2.38. The number of pyridine rings is 1. The zero-order valence-corrected chi connectivity index (χ0v) is 10.8. The number of aromatic nitrogens is 1. The lowest BCUT2D eigenvalue weighted by atomic mass is 10.1. The Morgan fingerprint density at radius 3 is 2.53 bits per heavy atom. The number of nitrogens with zero attached hydrogens (tertiary/aromatic N) is 1. The summed E-state index contributed by atoms with van der Waals surface area (Å²) in [6.45, 7) is 3.99. The molecular formula is C13H16N2OS. The predicted molar refractivity (Wildman–Crippen MR) is 69.9 cm³/mol. The Morgan fingerprint density at radius 1 is 1.29 bits per heavy atom. The summed E-state index contributed by atoms with van der Waals surface area (Å²) in [6, 6.07) is 6.07. The Bertz CT molecular complexity index is 467. The van der Waals surface area contributed by atoms with Gasteiger partial charge in [0.1, 0.15) is 5.76 Å². The van der Waals surface area contributed by atoms with Crippen LogP contribution >= 0.6 is 11.8 Å². The molecule has 0 amide bonds. The molecule has 0 saturated carbocycles. The number of rotatable bonds is 4. The third-order valence-corrected chi connectivity index (χ3v) is 4.21. The third kappa shape index (κ3) is 2.90. The fraction of sp³-hybridized carbons (Fsp3) is 0.308. The summed E-state index contributed by atoms with van der Waals surface area (Å²) < 4.78 is 5.31. The van der Waals surface area contributed by atoms with Gasteiger partial charge in [0, 0.05) is 28.6 Å². The topological polar surface area (TPSA) is 52.0 Å². The standard InChI is InChI=1S/C13H16N2OS/c1-9(14)13(11-3-6-15-7-4-11)17-12-5-8-16-10(12)2/h3-9,13H,14H2,1-2H3. The van der Waals surface area contributed by atoms with Crippen LogP contribution in [0.15, 0.2) is 46.2 Å². The van der Waals surface area contributed by atoms with Gasteiger partial charge < -0.3 is 10.2 Å². The summed E-state index contributed by atoms with van der Waals surface area (Å²) >= 11 is 1.74. The number of furan rings is 1. The minimum Gasteiger partial charge on any atom is -0.468 e. The van der Waals surface area contributed by atoms with E-state index in [0.717, 1.165) is 10.7 Å². The van der Waals surface area contributed by atoms with Gasteiger partial charge in [-0.2, -0.15) is 0 Å². The van der Waals surface area contributed by atoms with Crippen LogP contribution in [0.1, 0.15) is 23.5 Å². The van der Waals surface area contributed by atoms with Crippen LogP contribution in [0.4, 0.5) is 0 Å². The Labute approximate surface area is 105 Å². The maximum atomic E-state index is 6.06. The molecule has 0 spiro atoms. The Balaban J connectivity index is 2.22. The minimum atomic E-state index is 0.0664. The molecule has 90 valence electrons. The Kier molecular flexibility index (Phi) is 3.86. The first kappa shape index (κ1) is 12.2. The summed E-state index contributed by atoms with van der Waals surface area (Å²) in [4.78, 5) is 5.18. The fourth-order valence-electron chi connectivity index (χ4n) is 1.66. The SMILES string of the molecule is Cc1occc1SC(c1ccncc1)C(C)N. The lowest BCUT2D eigenvalue weighted by molar-refractivity contribution is 0.526. The molecular weight excluding hydrogens is 232 g/mol. The molecule has 3 nitrogen and oxygen atoms in total. The van der Waals surface area contributed by atoms with E-state index >= 15 is 0 Å². The van der Waals surface area contributed by atoms with Crippen LogP contribution < -0.4 is 5.73 Å². The first-order chi connectivity index (χ1) is 8.18. The average Bonchev–Trinajstić information content (AvgIpc) is 2.72. The highest BCUT2D eigenvalue weighted by atomic mass is 32.2. The Morgan fingerprint density at radius 2 is 2.00 bits per heavy atom. The summed E-state index contributed by atoms with van der Waals surface area (Å²) in [7, 11) is 0. The second kappa shape index (κ2) is 5.38. The van der Waals surface area contributed by atoms with Crippen molar-refractivity contribution >= 4 is 11.8 Å². The first-order valence-electron chi connectivity index (χ1n) is 5.54. The summed E-state index contributed by atoms with van der Waals surface area (Å²) in [6.07, 6.45) is 5.31. The highest BCUT2D eigenvalue weighted by Gasteiger charge is 2.19. The predicted octanol–water partition coefficient (Wildman–Crippen LogP) is 3.16. The molecule has 0 radical (unpaired) electrons. The Hall–Kier alpha value is -1.26. The van der Waals surface area contributed by atoms with Crippen molar-refractivity contribution in [2.75, 3.05) is 0 Å². The van der Waals surface area contributed by atoms with Gasteiger partial charge in [-0.25, -0.2) is 0 Å². The zero-order chi connectivity index (χ0) is 12.3. The van der Waals surface area contributed by atoms with E-state index in [1.807, 2.05) is 32.0 Å². The van der Waals surface area contributed by atoms with Crippen molar-refractivity contribution in [3.8, 4) is 0 Å². The molecule has 0 fully saturated rings. The maximum absolute atomic E-state index is 6.06. The lowest BCUT2D eigenvalue weighted by Crippen LogP contribution is -2.22. The molecule has 0 aliphatic heterocycles. The van der Waals surface area contributed by atoms with E-state index in [4.69, 9.17) is 10.2 Å². The molecule has 2 aromatic heterocycles. The number of hydrogen-bond acceptors (Lipinski definition) is 4. The van der Waals surface area contributed by atoms with Gasteiger partial charge in [0.2, 0.25) is 0 Å². The van der Waals surface area contributed by atoms with Crippen molar-refractivity contribution in [1.82, 2.24) is 4.98 Å². The second-order valence-electron chi connectivity index (χ2n) is 4.02. The molecule has 0 aromatic carbocycles. The molecule has 2 rings (SSSR count). The molecule has 0 bridgehead atoms. The summed E-state index contributed by atoms with van der Waals surface area (Å²) in [5.74, 6) is 0.940. The maximum Gasteiger partial charge on any atom is 0.114 e. The fourth-order valence-corrected chi connectivity index (χ4v) is 2.79. The molecule has 2 N–H and O–H groups in total. The molecule has 2 aromatic rings. The number of nitrogens with two attached hydrogens (primary N) is 1. The highest BCUT2D eigenvalue weighted by molar-refractivity contribution is 7.99. The summed E-state index contributed by atoms with van der Waals surface area (Å²) in [5.41, 5.74) is 7.26. The first-order valence-corrected chi connectivity index (χ1v) is 6.42. The van der Waals surface area contributed by atoms with Crippen molar-refractivity contribution in [2.45, 2.75) is 30.0 Å². The second-order valence-corrected chi connectivity index (χ2v) is 5.20. The minimum absolute atomic E-state index is 0.0664. The molecule has 2 unspecified atom stereocenters. The van der Waals surface area contributed by atoms with Crippen molar-refractivity contribution in [3.05, 3.63) is 48.2 Å². The van der Waals surface area contributed by atoms with Crippen molar-refractivity contribution in [2.24, 2.45) is 5.73 Å². The van der Waals surface area contributed by atoms with E-state index in [2.05, 4.69) is 4.98 Å².